The van der Waals surface area contributed by atoms with Crippen LogP contribution in [0, 0.1) is 12.8 Å². The minimum atomic E-state index is 0.0480. The Balaban J connectivity index is 1.60. The summed E-state index contributed by atoms with van der Waals surface area (Å²) >= 11 is 0. The molecular formula is C19H28N2O3. The molecule has 2 fully saturated rings. The Labute approximate surface area is 143 Å². The number of amides is 1. The largest absolute Gasteiger partial charge is 0.488 e. The highest BCUT2D eigenvalue weighted by molar-refractivity contribution is 5.78. The maximum atomic E-state index is 12.4. The summed E-state index contributed by atoms with van der Waals surface area (Å²) in [6.07, 6.45) is 4.83. The Morgan fingerprint density at radius 1 is 1.38 bits per heavy atom. The second-order valence-corrected chi connectivity index (χ2v) is 7.06. The summed E-state index contributed by atoms with van der Waals surface area (Å²) in [5.74, 6) is 1.01. The summed E-state index contributed by atoms with van der Waals surface area (Å²) in [7, 11) is 0. The second kappa shape index (κ2) is 7.99. The molecule has 2 aliphatic rings. The maximum Gasteiger partial charge on any atom is 0.223 e. The number of benzene rings is 1. The van der Waals surface area contributed by atoms with Gasteiger partial charge in [0.25, 0.3) is 0 Å². The van der Waals surface area contributed by atoms with Crippen LogP contribution in [0.5, 0.6) is 5.75 Å². The van der Waals surface area contributed by atoms with Crippen molar-refractivity contribution in [1.29, 1.82) is 0 Å². The van der Waals surface area contributed by atoms with Gasteiger partial charge in [0.2, 0.25) is 5.91 Å². The minimum Gasteiger partial charge on any atom is -0.488 e. The molecule has 1 aliphatic heterocycles. The third-order valence-electron chi connectivity index (χ3n) is 4.94. The van der Waals surface area contributed by atoms with Crippen LogP contribution < -0.4 is 15.8 Å². The molecule has 1 heterocycles. The van der Waals surface area contributed by atoms with Crippen molar-refractivity contribution in [3.63, 3.8) is 0 Å². The van der Waals surface area contributed by atoms with Crippen molar-refractivity contribution in [1.82, 2.24) is 5.32 Å². The van der Waals surface area contributed by atoms with Crippen LogP contribution in [-0.4, -0.2) is 31.3 Å². The zero-order chi connectivity index (χ0) is 16.9. The van der Waals surface area contributed by atoms with Crippen molar-refractivity contribution in [2.45, 2.75) is 57.7 Å². The number of hydrogen-bond acceptors (Lipinski definition) is 4. The molecule has 1 aromatic carbocycles. The first-order chi connectivity index (χ1) is 11.6. The van der Waals surface area contributed by atoms with Gasteiger partial charge in [-0.15, -0.1) is 0 Å². The third-order valence-corrected chi connectivity index (χ3v) is 4.94. The van der Waals surface area contributed by atoms with Gasteiger partial charge in [-0.05, 0) is 37.8 Å². The predicted octanol–water partition coefficient (Wildman–Crippen LogP) is 2.30. The topological polar surface area (TPSA) is 73.6 Å². The number of ether oxygens (including phenoxy) is 2. The molecule has 5 nitrogen and oxygen atoms in total. The van der Waals surface area contributed by atoms with Crippen molar-refractivity contribution in [2.75, 3.05) is 13.2 Å². The number of carbonyl (C=O) groups is 1. The van der Waals surface area contributed by atoms with E-state index in [9.17, 15) is 4.79 Å². The lowest BCUT2D eigenvalue weighted by atomic mass is 9.85. The molecule has 0 unspecified atom stereocenters. The summed E-state index contributed by atoms with van der Waals surface area (Å²) in [6, 6.07) is 6.29. The standard InChI is InChI=1S/C19H28N2O3/c1-13-5-6-15(18(9-13)24-17-7-8-23-12-17)11-21-19(22)14-3-2-4-16(20)10-14/h5-6,9,14,16-17H,2-4,7-8,10-12,20H2,1H3,(H,21,22)/t14-,16-,17-/m1/s1. The third kappa shape index (κ3) is 4.48. The van der Waals surface area contributed by atoms with E-state index in [-0.39, 0.29) is 24.0 Å². The summed E-state index contributed by atoms with van der Waals surface area (Å²) in [6.45, 7) is 3.93. The molecule has 1 amide bonds. The lowest BCUT2D eigenvalue weighted by molar-refractivity contribution is -0.126. The maximum absolute atomic E-state index is 12.4. The Bertz CT molecular complexity index is 570. The van der Waals surface area contributed by atoms with Crippen LogP contribution in [0.1, 0.15) is 43.2 Å². The Kier molecular flexibility index (Phi) is 5.74. The molecule has 0 spiro atoms. The molecule has 1 saturated carbocycles. The van der Waals surface area contributed by atoms with Gasteiger partial charge < -0.3 is 20.5 Å². The number of hydrogen-bond donors (Lipinski definition) is 2. The van der Waals surface area contributed by atoms with Crippen molar-refractivity contribution >= 4 is 5.91 Å². The van der Waals surface area contributed by atoms with E-state index in [1.54, 1.807) is 0 Å². The van der Waals surface area contributed by atoms with Crippen LogP contribution >= 0.6 is 0 Å². The first-order valence-corrected chi connectivity index (χ1v) is 8.99. The van der Waals surface area contributed by atoms with Crippen molar-refractivity contribution < 1.29 is 14.3 Å². The van der Waals surface area contributed by atoms with Gasteiger partial charge in [0.15, 0.2) is 0 Å². The molecule has 1 saturated heterocycles. The summed E-state index contributed by atoms with van der Waals surface area (Å²) in [5, 5.41) is 3.07. The van der Waals surface area contributed by atoms with Crippen LogP contribution in [0.4, 0.5) is 0 Å². The molecule has 1 aliphatic carbocycles. The molecule has 5 heteroatoms. The lowest BCUT2D eigenvalue weighted by Gasteiger charge is -2.26. The van der Waals surface area contributed by atoms with Crippen molar-refractivity contribution in [3.8, 4) is 5.75 Å². The van der Waals surface area contributed by atoms with E-state index in [0.717, 1.165) is 55.6 Å². The summed E-state index contributed by atoms with van der Waals surface area (Å²) in [5.41, 5.74) is 8.16. The van der Waals surface area contributed by atoms with Gasteiger partial charge in [-0.3, -0.25) is 4.79 Å². The van der Waals surface area contributed by atoms with Gasteiger partial charge >= 0.3 is 0 Å². The summed E-state index contributed by atoms with van der Waals surface area (Å²) in [4.78, 5) is 12.4. The Hall–Kier alpha value is -1.59. The van der Waals surface area contributed by atoms with Crippen LogP contribution in [0.15, 0.2) is 18.2 Å². The van der Waals surface area contributed by atoms with Gasteiger partial charge in [0, 0.05) is 30.5 Å². The van der Waals surface area contributed by atoms with Gasteiger partial charge in [-0.2, -0.15) is 0 Å². The molecule has 3 rings (SSSR count). The average molecular weight is 332 g/mol. The van der Waals surface area contributed by atoms with E-state index >= 15 is 0 Å². The number of rotatable bonds is 5. The van der Waals surface area contributed by atoms with Gasteiger partial charge in [-0.25, -0.2) is 0 Å². The Morgan fingerprint density at radius 2 is 2.25 bits per heavy atom. The zero-order valence-corrected chi connectivity index (χ0v) is 14.4. The highest BCUT2D eigenvalue weighted by atomic mass is 16.5. The molecule has 0 radical (unpaired) electrons. The van der Waals surface area contributed by atoms with E-state index in [0.29, 0.717) is 13.2 Å². The molecule has 24 heavy (non-hydrogen) atoms. The van der Waals surface area contributed by atoms with Crippen molar-refractivity contribution in [3.05, 3.63) is 29.3 Å². The van der Waals surface area contributed by atoms with Crippen LogP contribution in [0.3, 0.4) is 0 Å². The van der Waals surface area contributed by atoms with E-state index in [4.69, 9.17) is 15.2 Å². The first kappa shape index (κ1) is 17.2. The van der Waals surface area contributed by atoms with Crippen molar-refractivity contribution in [2.24, 2.45) is 11.7 Å². The fourth-order valence-corrected chi connectivity index (χ4v) is 3.50. The highest BCUT2D eigenvalue weighted by Crippen LogP contribution is 2.25. The Morgan fingerprint density at radius 3 is 3.00 bits per heavy atom. The highest BCUT2D eigenvalue weighted by Gasteiger charge is 2.25. The normalized spacial score (nSPS) is 27.0. The fraction of sp³-hybridized carbons (Fsp3) is 0.632. The van der Waals surface area contributed by atoms with Gasteiger partial charge in [-0.1, -0.05) is 18.6 Å². The second-order valence-electron chi connectivity index (χ2n) is 7.06. The molecule has 132 valence electrons. The lowest BCUT2D eigenvalue weighted by Crippen LogP contribution is -2.37. The van der Waals surface area contributed by atoms with E-state index in [1.165, 1.54) is 0 Å². The first-order valence-electron chi connectivity index (χ1n) is 8.99. The molecule has 3 atom stereocenters. The summed E-state index contributed by atoms with van der Waals surface area (Å²) < 4.78 is 11.5. The van der Waals surface area contributed by atoms with E-state index in [2.05, 4.69) is 11.4 Å². The fourth-order valence-electron chi connectivity index (χ4n) is 3.50. The molecule has 0 aromatic heterocycles. The number of aryl methyl sites for hydroxylation is 1. The van der Waals surface area contributed by atoms with Crippen LogP contribution in [-0.2, 0) is 16.1 Å². The molecule has 3 N–H and O–H groups in total. The van der Waals surface area contributed by atoms with E-state index in [1.807, 2.05) is 19.1 Å². The average Bonchev–Trinajstić information content (AvgIpc) is 3.07. The number of nitrogens with one attached hydrogen (secondary N) is 1. The quantitative estimate of drug-likeness (QED) is 0.868. The SMILES string of the molecule is Cc1ccc(CNC(=O)[C@@H]2CCC[C@@H](N)C2)c(O[C@@H]2CCOC2)c1. The molecule has 0 bridgehead atoms. The monoisotopic (exact) mass is 332 g/mol. The molecule has 1 aromatic rings. The zero-order valence-electron chi connectivity index (χ0n) is 14.4. The van der Waals surface area contributed by atoms with Gasteiger partial charge in [0.05, 0.1) is 13.2 Å². The minimum absolute atomic E-state index is 0.0480. The number of carbonyl (C=O) groups excluding carboxylic acids is 1. The van der Waals surface area contributed by atoms with Crippen LogP contribution in [0.2, 0.25) is 0 Å². The molecular weight excluding hydrogens is 304 g/mol. The predicted molar refractivity (Wildman–Crippen MR) is 92.8 cm³/mol. The van der Waals surface area contributed by atoms with E-state index < -0.39 is 0 Å². The number of nitrogens with two attached hydrogens (primary N) is 1. The van der Waals surface area contributed by atoms with Crippen LogP contribution in [0.25, 0.3) is 0 Å². The smallest absolute Gasteiger partial charge is 0.223 e. The van der Waals surface area contributed by atoms with Gasteiger partial charge in [0.1, 0.15) is 11.9 Å².